The van der Waals surface area contributed by atoms with Crippen molar-refractivity contribution in [1.82, 2.24) is 25.2 Å². The Kier molecular flexibility index (Phi) is 6.66. The molecule has 1 atom stereocenters. The van der Waals surface area contributed by atoms with Gasteiger partial charge in [-0.1, -0.05) is 17.7 Å². The molecular weight excluding hydrogens is 417 g/mol. The van der Waals surface area contributed by atoms with E-state index in [-0.39, 0.29) is 11.9 Å². The fourth-order valence-corrected chi connectivity index (χ4v) is 3.87. The van der Waals surface area contributed by atoms with Gasteiger partial charge in [0.05, 0.1) is 23.6 Å². The standard InChI is InChI=1S/C22H25ClFN7/c1-2-26-22(29-17-7-10-30(14-17)21-18(23)4-3-8-27-21)28-13-16-5-6-20(19(24)12-16)31-11-9-25-15-31/h3-6,8-9,11-12,15,17H,2,7,10,13-14H2,1H3,(H2,26,28,29). The van der Waals surface area contributed by atoms with E-state index in [1.54, 1.807) is 35.6 Å². The van der Waals surface area contributed by atoms with Crippen LogP contribution in [0.4, 0.5) is 10.2 Å². The number of aliphatic imine (C=N–C) groups is 1. The second-order valence-electron chi connectivity index (χ2n) is 7.34. The third kappa shape index (κ3) is 5.14. The van der Waals surface area contributed by atoms with Gasteiger partial charge in [-0.05, 0) is 43.2 Å². The maximum atomic E-state index is 14.5. The van der Waals surface area contributed by atoms with Gasteiger partial charge in [-0.3, -0.25) is 0 Å². The highest BCUT2D eigenvalue weighted by Gasteiger charge is 2.25. The quantitative estimate of drug-likeness (QED) is 0.453. The van der Waals surface area contributed by atoms with E-state index in [0.717, 1.165) is 37.4 Å². The van der Waals surface area contributed by atoms with Crippen molar-refractivity contribution in [3.63, 3.8) is 0 Å². The number of hydrogen-bond donors (Lipinski definition) is 2. The summed E-state index contributed by atoms with van der Waals surface area (Å²) < 4.78 is 16.1. The fraction of sp³-hybridized carbons (Fsp3) is 0.318. The van der Waals surface area contributed by atoms with Crippen molar-refractivity contribution in [3.05, 3.63) is 71.7 Å². The van der Waals surface area contributed by atoms with Crippen LogP contribution in [0.15, 0.2) is 60.2 Å². The molecule has 7 nitrogen and oxygen atoms in total. The van der Waals surface area contributed by atoms with Gasteiger partial charge in [0.25, 0.3) is 0 Å². The minimum absolute atomic E-state index is 0.219. The summed E-state index contributed by atoms with van der Waals surface area (Å²) in [5.74, 6) is 1.21. The maximum Gasteiger partial charge on any atom is 0.191 e. The Balaban J connectivity index is 1.40. The van der Waals surface area contributed by atoms with Crippen LogP contribution in [0.3, 0.4) is 0 Å². The Morgan fingerprint density at radius 2 is 2.23 bits per heavy atom. The smallest absolute Gasteiger partial charge is 0.191 e. The number of guanidine groups is 1. The second-order valence-corrected chi connectivity index (χ2v) is 7.74. The number of imidazole rings is 1. The van der Waals surface area contributed by atoms with Crippen LogP contribution < -0.4 is 15.5 Å². The average Bonchev–Trinajstić information content (AvgIpc) is 3.45. The molecule has 1 aromatic carbocycles. The van der Waals surface area contributed by atoms with Crippen LogP contribution in [0.2, 0.25) is 5.02 Å². The highest BCUT2D eigenvalue weighted by Crippen LogP contribution is 2.25. The zero-order valence-electron chi connectivity index (χ0n) is 17.3. The van der Waals surface area contributed by atoms with Gasteiger partial charge in [0.15, 0.2) is 5.96 Å². The molecule has 162 valence electrons. The number of halogens is 2. The van der Waals surface area contributed by atoms with E-state index < -0.39 is 0 Å². The van der Waals surface area contributed by atoms with Crippen molar-refractivity contribution in [2.75, 3.05) is 24.5 Å². The SMILES string of the molecule is CCNC(=NCc1ccc(-n2ccnc2)c(F)c1)NC1CCN(c2ncccc2Cl)C1. The predicted octanol–water partition coefficient (Wildman–Crippen LogP) is 3.39. The number of nitrogens with one attached hydrogen (secondary N) is 2. The van der Waals surface area contributed by atoms with Gasteiger partial charge in [0.1, 0.15) is 11.6 Å². The van der Waals surface area contributed by atoms with Crippen molar-refractivity contribution in [1.29, 1.82) is 0 Å². The normalized spacial score (nSPS) is 16.5. The van der Waals surface area contributed by atoms with Gasteiger partial charge in [-0.2, -0.15) is 0 Å². The van der Waals surface area contributed by atoms with Gasteiger partial charge < -0.3 is 20.1 Å². The van der Waals surface area contributed by atoms with Gasteiger partial charge in [0.2, 0.25) is 0 Å². The Morgan fingerprint density at radius 1 is 1.32 bits per heavy atom. The van der Waals surface area contributed by atoms with Crippen LogP contribution in [-0.2, 0) is 6.54 Å². The minimum Gasteiger partial charge on any atom is -0.357 e. The molecule has 0 amide bonds. The predicted molar refractivity (Wildman–Crippen MR) is 121 cm³/mol. The molecule has 0 radical (unpaired) electrons. The number of hydrogen-bond acceptors (Lipinski definition) is 4. The third-order valence-electron chi connectivity index (χ3n) is 5.13. The first-order valence-electron chi connectivity index (χ1n) is 10.3. The number of benzene rings is 1. The largest absolute Gasteiger partial charge is 0.357 e. The van der Waals surface area contributed by atoms with Crippen LogP contribution in [0, 0.1) is 5.82 Å². The van der Waals surface area contributed by atoms with Crippen LogP contribution in [0.25, 0.3) is 5.69 Å². The lowest BCUT2D eigenvalue weighted by atomic mass is 10.2. The summed E-state index contributed by atoms with van der Waals surface area (Å²) in [6.07, 6.45) is 7.62. The minimum atomic E-state index is -0.303. The van der Waals surface area contributed by atoms with Gasteiger partial charge in [0, 0.05) is 44.3 Å². The lowest BCUT2D eigenvalue weighted by molar-refractivity contribution is 0.615. The van der Waals surface area contributed by atoms with E-state index in [9.17, 15) is 4.39 Å². The first kappa shape index (κ1) is 21.1. The Hall–Kier alpha value is -3.13. The molecule has 31 heavy (non-hydrogen) atoms. The zero-order valence-corrected chi connectivity index (χ0v) is 18.1. The molecule has 1 fully saturated rings. The van der Waals surface area contributed by atoms with E-state index in [1.165, 1.54) is 6.07 Å². The molecule has 2 aromatic heterocycles. The summed E-state index contributed by atoms with van der Waals surface area (Å²) >= 11 is 6.29. The number of anilines is 1. The van der Waals surface area contributed by atoms with Crippen molar-refractivity contribution >= 4 is 23.4 Å². The highest BCUT2D eigenvalue weighted by atomic mass is 35.5. The van der Waals surface area contributed by atoms with Crippen molar-refractivity contribution in [2.24, 2.45) is 4.99 Å². The molecule has 0 spiro atoms. The van der Waals surface area contributed by atoms with Crippen LogP contribution in [0.5, 0.6) is 0 Å². The molecule has 9 heteroatoms. The highest BCUT2D eigenvalue weighted by molar-refractivity contribution is 6.32. The molecular formula is C22H25ClFN7. The van der Waals surface area contributed by atoms with Crippen LogP contribution >= 0.6 is 11.6 Å². The summed E-state index contributed by atoms with van der Waals surface area (Å²) in [7, 11) is 0. The molecule has 3 heterocycles. The summed E-state index contributed by atoms with van der Waals surface area (Å²) in [6.45, 7) is 4.79. The molecule has 0 aliphatic carbocycles. The first-order chi connectivity index (χ1) is 15.1. The van der Waals surface area contributed by atoms with Crippen molar-refractivity contribution in [3.8, 4) is 5.69 Å². The topological polar surface area (TPSA) is 70.4 Å². The summed E-state index contributed by atoms with van der Waals surface area (Å²) in [5.41, 5.74) is 1.27. The van der Waals surface area contributed by atoms with Gasteiger partial charge >= 0.3 is 0 Å². The third-order valence-corrected chi connectivity index (χ3v) is 5.42. The Morgan fingerprint density at radius 3 is 2.97 bits per heavy atom. The number of aromatic nitrogens is 3. The monoisotopic (exact) mass is 441 g/mol. The molecule has 1 aliphatic rings. The molecule has 4 rings (SSSR count). The molecule has 0 saturated carbocycles. The molecule has 0 bridgehead atoms. The molecule has 2 N–H and O–H groups in total. The van der Waals surface area contributed by atoms with E-state index >= 15 is 0 Å². The summed E-state index contributed by atoms with van der Waals surface area (Å²) in [4.78, 5) is 15.2. The fourth-order valence-electron chi connectivity index (χ4n) is 3.62. The lowest BCUT2D eigenvalue weighted by Gasteiger charge is -2.20. The maximum absolute atomic E-state index is 14.5. The lowest BCUT2D eigenvalue weighted by Crippen LogP contribution is -2.44. The number of rotatable bonds is 6. The van der Waals surface area contributed by atoms with E-state index in [4.69, 9.17) is 11.6 Å². The zero-order chi connectivity index (χ0) is 21.6. The van der Waals surface area contributed by atoms with Crippen molar-refractivity contribution < 1.29 is 4.39 Å². The Bertz CT molecular complexity index is 1040. The van der Waals surface area contributed by atoms with Crippen LogP contribution in [0.1, 0.15) is 18.9 Å². The molecule has 1 aliphatic heterocycles. The average molecular weight is 442 g/mol. The molecule has 1 saturated heterocycles. The van der Waals surface area contributed by atoms with Crippen LogP contribution in [-0.4, -0.2) is 46.2 Å². The van der Waals surface area contributed by atoms with E-state index in [2.05, 4.69) is 30.5 Å². The van der Waals surface area contributed by atoms with Gasteiger partial charge in [-0.25, -0.2) is 19.4 Å². The summed E-state index contributed by atoms with van der Waals surface area (Å²) in [6, 6.07) is 9.05. The Labute approximate surface area is 186 Å². The summed E-state index contributed by atoms with van der Waals surface area (Å²) in [5, 5.41) is 7.40. The van der Waals surface area contributed by atoms with Gasteiger partial charge in [-0.15, -0.1) is 0 Å². The molecule has 3 aromatic rings. The second kappa shape index (κ2) is 9.78. The number of nitrogens with zero attached hydrogens (tertiary/aromatic N) is 5. The van der Waals surface area contributed by atoms with Crippen molar-refractivity contribution in [2.45, 2.75) is 25.9 Å². The van der Waals surface area contributed by atoms with E-state index in [1.807, 2.05) is 25.1 Å². The van der Waals surface area contributed by atoms with E-state index in [0.29, 0.717) is 23.2 Å². The molecule has 1 unspecified atom stereocenters. The number of pyridine rings is 1. The first-order valence-corrected chi connectivity index (χ1v) is 10.7.